The van der Waals surface area contributed by atoms with Gasteiger partial charge in [0.25, 0.3) is 0 Å². The number of rotatable bonds is 3. The highest BCUT2D eigenvalue weighted by Crippen LogP contribution is 2.23. The highest BCUT2D eigenvalue weighted by Gasteiger charge is 2.13. The van der Waals surface area contributed by atoms with Crippen molar-refractivity contribution in [3.8, 4) is 0 Å². The second kappa shape index (κ2) is 4.68. The van der Waals surface area contributed by atoms with Crippen molar-refractivity contribution in [1.82, 2.24) is 0 Å². The van der Waals surface area contributed by atoms with Crippen LogP contribution in [0.4, 0.5) is 8.78 Å². The fraction of sp³-hybridized carbons (Fsp3) is 0.182. The summed E-state index contributed by atoms with van der Waals surface area (Å²) < 4.78 is 26.4. The molecule has 1 aromatic carbocycles. The molecule has 0 aliphatic carbocycles. The summed E-state index contributed by atoms with van der Waals surface area (Å²) in [7, 11) is 0. The Hall–Kier alpha value is -1.71. The Kier molecular flexibility index (Phi) is 3.55. The summed E-state index contributed by atoms with van der Waals surface area (Å²) in [6.45, 7) is 1.53. The minimum atomic E-state index is -1.14. The first-order chi connectivity index (χ1) is 7.02. The third-order valence-electron chi connectivity index (χ3n) is 1.98. The average Bonchev–Trinajstić information content (AvgIpc) is 2.14. The minimum Gasteiger partial charge on any atom is -0.478 e. The zero-order valence-corrected chi connectivity index (χ0v) is 8.08. The van der Waals surface area contributed by atoms with Crippen molar-refractivity contribution in [2.24, 2.45) is 0 Å². The van der Waals surface area contributed by atoms with E-state index in [0.717, 1.165) is 18.2 Å². The number of halogens is 2. The van der Waals surface area contributed by atoms with Gasteiger partial charge < -0.3 is 5.11 Å². The van der Waals surface area contributed by atoms with Gasteiger partial charge in [-0.1, -0.05) is 19.1 Å². The van der Waals surface area contributed by atoms with E-state index in [1.165, 1.54) is 19.1 Å². The van der Waals surface area contributed by atoms with Crippen molar-refractivity contribution in [3.63, 3.8) is 0 Å². The maximum Gasteiger partial charge on any atom is 0.327 e. The summed E-state index contributed by atoms with van der Waals surface area (Å²) in [6.07, 6.45) is 2.11. The highest BCUT2D eigenvalue weighted by atomic mass is 19.1. The van der Waals surface area contributed by atoms with Crippen LogP contribution in [0.25, 0.3) is 0 Å². The van der Waals surface area contributed by atoms with Gasteiger partial charge in [0.2, 0.25) is 0 Å². The van der Waals surface area contributed by atoms with Crippen LogP contribution in [-0.2, 0) is 4.79 Å². The monoisotopic (exact) mass is 212 g/mol. The van der Waals surface area contributed by atoms with Crippen LogP contribution in [0.15, 0.2) is 30.4 Å². The maximum absolute atomic E-state index is 13.2. The molecule has 1 aromatic rings. The van der Waals surface area contributed by atoms with E-state index in [0.29, 0.717) is 0 Å². The fourth-order valence-corrected chi connectivity index (χ4v) is 1.27. The number of aliphatic carboxylic acids is 1. The molecule has 0 saturated heterocycles. The highest BCUT2D eigenvalue weighted by molar-refractivity contribution is 5.79. The van der Waals surface area contributed by atoms with Crippen molar-refractivity contribution in [2.75, 3.05) is 0 Å². The lowest BCUT2D eigenvalue weighted by Gasteiger charge is -2.08. The van der Waals surface area contributed by atoms with E-state index in [1.807, 2.05) is 0 Å². The van der Waals surface area contributed by atoms with Gasteiger partial charge in [-0.3, -0.25) is 0 Å². The first kappa shape index (κ1) is 11.4. The van der Waals surface area contributed by atoms with E-state index in [2.05, 4.69) is 0 Å². The molecule has 1 N–H and O–H groups in total. The number of hydrogen-bond acceptors (Lipinski definition) is 1. The molecule has 0 bridgehead atoms. The predicted molar refractivity (Wildman–Crippen MR) is 51.5 cm³/mol. The lowest BCUT2D eigenvalue weighted by Crippen LogP contribution is -1.99. The van der Waals surface area contributed by atoms with Crippen LogP contribution in [0.5, 0.6) is 0 Å². The van der Waals surface area contributed by atoms with E-state index >= 15 is 0 Å². The molecule has 80 valence electrons. The molecule has 1 atom stereocenters. The molecule has 2 nitrogen and oxygen atoms in total. The molecule has 0 heterocycles. The largest absolute Gasteiger partial charge is 0.478 e. The van der Waals surface area contributed by atoms with Gasteiger partial charge in [-0.2, -0.15) is 0 Å². The molecule has 0 spiro atoms. The number of carboxylic acids is 1. The third-order valence-corrected chi connectivity index (χ3v) is 1.98. The quantitative estimate of drug-likeness (QED) is 0.782. The normalized spacial score (nSPS) is 13.0. The van der Waals surface area contributed by atoms with Crippen LogP contribution in [0.1, 0.15) is 18.4 Å². The first-order valence-electron chi connectivity index (χ1n) is 4.37. The summed E-state index contributed by atoms with van der Waals surface area (Å²) in [4.78, 5) is 10.2. The molecule has 15 heavy (non-hydrogen) atoms. The maximum atomic E-state index is 13.2. The molecule has 0 saturated carbocycles. The van der Waals surface area contributed by atoms with E-state index < -0.39 is 23.5 Å². The first-order valence-corrected chi connectivity index (χ1v) is 4.37. The Labute approximate surface area is 85.9 Å². The molecular formula is C11H10F2O2. The standard InChI is InChI=1S/C11H10F2O2/c1-7(5-6-10(14)15)11-8(12)3-2-4-9(11)13/h2-7H,1H3,(H,14,15). The number of benzene rings is 1. The molecule has 0 aliphatic heterocycles. The van der Waals surface area contributed by atoms with Crippen LogP contribution in [0.2, 0.25) is 0 Å². The van der Waals surface area contributed by atoms with Crippen molar-refractivity contribution >= 4 is 5.97 Å². The smallest absolute Gasteiger partial charge is 0.327 e. The predicted octanol–water partition coefficient (Wildman–Crippen LogP) is 2.71. The van der Waals surface area contributed by atoms with Crippen LogP contribution in [0, 0.1) is 11.6 Å². The van der Waals surface area contributed by atoms with Crippen LogP contribution in [-0.4, -0.2) is 11.1 Å². The topological polar surface area (TPSA) is 37.3 Å². The van der Waals surface area contributed by atoms with Crippen LogP contribution >= 0.6 is 0 Å². The van der Waals surface area contributed by atoms with Crippen molar-refractivity contribution in [2.45, 2.75) is 12.8 Å². The van der Waals surface area contributed by atoms with E-state index in [4.69, 9.17) is 5.11 Å². The van der Waals surface area contributed by atoms with E-state index in [1.54, 1.807) is 0 Å². The van der Waals surface area contributed by atoms with Crippen LogP contribution < -0.4 is 0 Å². The summed E-state index contributed by atoms with van der Waals surface area (Å²) in [6, 6.07) is 3.55. The van der Waals surface area contributed by atoms with Gasteiger partial charge in [0, 0.05) is 17.6 Å². The Morgan fingerprint density at radius 3 is 2.40 bits per heavy atom. The lowest BCUT2D eigenvalue weighted by molar-refractivity contribution is -0.131. The van der Waals surface area contributed by atoms with Crippen molar-refractivity contribution in [3.05, 3.63) is 47.5 Å². The van der Waals surface area contributed by atoms with Crippen molar-refractivity contribution < 1.29 is 18.7 Å². The zero-order valence-electron chi connectivity index (χ0n) is 8.08. The molecule has 0 aromatic heterocycles. The molecule has 0 amide bonds. The van der Waals surface area contributed by atoms with Gasteiger partial charge in [0.05, 0.1) is 0 Å². The van der Waals surface area contributed by atoms with Gasteiger partial charge in [-0.15, -0.1) is 0 Å². The SMILES string of the molecule is CC(C=CC(=O)O)c1c(F)cccc1F. The molecule has 0 fully saturated rings. The summed E-state index contributed by atoms with van der Waals surface area (Å²) >= 11 is 0. The molecule has 0 aliphatic rings. The van der Waals surface area contributed by atoms with Gasteiger partial charge in [0.15, 0.2) is 0 Å². The fourth-order valence-electron chi connectivity index (χ4n) is 1.27. The molecular weight excluding hydrogens is 202 g/mol. The summed E-state index contributed by atoms with van der Waals surface area (Å²) in [5.74, 6) is -3.09. The summed E-state index contributed by atoms with van der Waals surface area (Å²) in [5.41, 5.74) is -0.116. The number of carbonyl (C=O) groups is 1. The minimum absolute atomic E-state index is 0.116. The molecule has 0 radical (unpaired) electrons. The Morgan fingerprint density at radius 1 is 1.40 bits per heavy atom. The second-order valence-electron chi connectivity index (χ2n) is 3.12. The number of allylic oxidation sites excluding steroid dienone is 1. The summed E-state index contributed by atoms with van der Waals surface area (Å²) in [5, 5.41) is 8.37. The molecule has 1 rings (SSSR count). The molecule has 4 heteroatoms. The Morgan fingerprint density at radius 2 is 1.93 bits per heavy atom. The van der Waals surface area contributed by atoms with Gasteiger partial charge in [0.1, 0.15) is 11.6 Å². The van der Waals surface area contributed by atoms with Gasteiger partial charge >= 0.3 is 5.97 Å². The van der Waals surface area contributed by atoms with E-state index in [-0.39, 0.29) is 5.56 Å². The Bertz CT molecular complexity index is 379. The second-order valence-corrected chi connectivity index (χ2v) is 3.12. The number of hydrogen-bond donors (Lipinski definition) is 1. The lowest BCUT2D eigenvalue weighted by atomic mass is 9.99. The molecule has 1 unspecified atom stereocenters. The average molecular weight is 212 g/mol. The zero-order chi connectivity index (χ0) is 11.4. The van der Waals surface area contributed by atoms with Gasteiger partial charge in [-0.05, 0) is 12.1 Å². The van der Waals surface area contributed by atoms with Crippen LogP contribution in [0.3, 0.4) is 0 Å². The Balaban J connectivity index is 3.00. The van der Waals surface area contributed by atoms with E-state index in [9.17, 15) is 13.6 Å². The van der Waals surface area contributed by atoms with Gasteiger partial charge in [-0.25, -0.2) is 13.6 Å². The van der Waals surface area contributed by atoms with Crippen molar-refractivity contribution in [1.29, 1.82) is 0 Å². The third kappa shape index (κ3) is 2.87. The number of carboxylic acid groups (broad SMARTS) is 1.